The molecule has 1 saturated carbocycles. The minimum atomic E-state index is 0.641. The summed E-state index contributed by atoms with van der Waals surface area (Å²) in [5.41, 5.74) is 1.43. The van der Waals surface area contributed by atoms with E-state index in [0.717, 1.165) is 17.9 Å². The molecule has 15 heavy (non-hydrogen) atoms. The summed E-state index contributed by atoms with van der Waals surface area (Å²) in [5.74, 6) is 2.39. The summed E-state index contributed by atoms with van der Waals surface area (Å²) in [6.45, 7) is 6.95. The number of aromatic nitrogens is 2. The first-order valence-corrected chi connectivity index (χ1v) is 6.05. The van der Waals surface area contributed by atoms with Crippen molar-refractivity contribution in [2.24, 2.45) is 11.8 Å². The van der Waals surface area contributed by atoms with Gasteiger partial charge in [0.2, 0.25) is 0 Å². The fraction of sp³-hybridized carbons (Fsp3) is 0.750. The summed E-state index contributed by atoms with van der Waals surface area (Å²) in [7, 11) is 0. The number of fused-ring (bicyclic) bond motifs is 1. The molecule has 0 aromatic carbocycles. The summed E-state index contributed by atoms with van der Waals surface area (Å²) >= 11 is 0. The monoisotopic (exact) mass is 205 g/mol. The highest BCUT2D eigenvalue weighted by Gasteiger charge is 2.54. The molecular weight excluding hydrogens is 186 g/mol. The molecule has 1 aromatic rings. The predicted molar refractivity (Wildman–Crippen MR) is 59.8 cm³/mol. The van der Waals surface area contributed by atoms with E-state index >= 15 is 0 Å². The third-order valence-corrected chi connectivity index (χ3v) is 4.18. The highest BCUT2D eigenvalue weighted by Crippen LogP contribution is 2.53. The van der Waals surface area contributed by atoms with Gasteiger partial charge in [-0.3, -0.25) is 0 Å². The van der Waals surface area contributed by atoms with Gasteiger partial charge in [-0.15, -0.1) is 0 Å². The Bertz CT molecular complexity index is 348. The van der Waals surface area contributed by atoms with Crippen LogP contribution in [0.5, 0.6) is 0 Å². The maximum absolute atomic E-state index is 4.32. The van der Waals surface area contributed by atoms with E-state index in [2.05, 4.69) is 34.9 Å². The van der Waals surface area contributed by atoms with Crippen LogP contribution in [-0.4, -0.2) is 22.6 Å². The largest absolute Gasteiger partial charge is 0.331 e. The molecule has 82 valence electrons. The van der Waals surface area contributed by atoms with Gasteiger partial charge in [0.25, 0.3) is 0 Å². The lowest BCUT2D eigenvalue weighted by Crippen LogP contribution is -2.17. The molecule has 3 nitrogen and oxygen atoms in total. The van der Waals surface area contributed by atoms with E-state index in [1.807, 2.05) is 6.33 Å². The Kier molecular flexibility index (Phi) is 2.09. The number of hydrogen-bond acceptors (Lipinski definition) is 2. The van der Waals surface area contributed by atoms with Gasteiger partial charge in [0.1, 0.15) is 0 Å². The Morgan fingerprint density at radius 3 is 2.93 bits per heavy atom. The molecule has 2 aliphatic rings. The second kappa shape index (κ2) is 3.34. The maximum Gasteiger partial charge on any atom is 0.0951 e. The molecule has 1 aromatic heterocycles. The second-order valence-electron chi connectivity index (χ2n) is 5.01. The standard InChI is InChI=1S/C12H19N3/c1-3-8(2)11-6-14-7-15(11)12-9-4-13-5-10(9)12/h6-10,12-13H,3-5H2,1-2H3. The number of nitrogens with one attached hydrogen (secondary N) is 1. The van der Waals surface area contributed by atoms with Crippen molar-refractivity contribution in [2.75, 3.05) is 13.1 Å². The van der Waals surface area contributed by atoms with E-state index in [-0.39, 0.29) is 0 Å². The third-order valence-electron chi connectivity index (χ3n) is 4.18. The molecule has 2 fully saturated rings. The van der Waals surface area contributed by atoms with Gasteiger partial charge in [0.05, 0.1) is 6.33 Å². The predicted octanol–water partition coefficient (Wildman–Crippen LogP) is 1.79. The minimum Gasteiger partial charge on any atom is -0.331 e. The molecule has 1 aliphatic heterocycles. The van der Waals surface area contributed by atoms with Gasteiger partial charge >= 0.3 is 0 Å². The number of piperidine rings is 1. The Labute approximate surface area is 90.9 Å². The van der Waals surface area contributed by atoms with E-state index in [4.69, 9.17) is 0 Å². The molecule has 0 amide bonds. The molecule has 1 N–H and O–H groups in total. The molecule has 1 saturated heterocycles. The van der Waals surface area contributed by atoms with E-state index in [1.165, 1.54) is 25.2 Å². The molecular formula is C12H19N3. The van der Waals surface area contributed by atoms with E-state index in [9.17, 15) is 0 Å². The molecule has 3 atom stereocenters. The summed E-state index contributed by atoms with van der Waals surface area (Å²) < 4.78 is 2.43. The van der Waals surface area contributed by atoms with Crippen LogP contribution in [0.2, 0.25) is 0 Å². The van der Waals surface area contributed by atoms with Crippen LogP contribution in [0.25, 0.3) is 0 Å². The van der Waals surface area contributed by atoms with Crippen LogP contribution >= 0.6 is 0 Å². The molecule has 0 spiro atoms. The Balaban J connectivity index is 1.84. The number of nitrogens with zero attached hydrogens (tertiary/aromatic N) is 2. The van der Waals surface area contributed by atoms with Crippen LogP contribution in [-0.2, 0) is 0 Å². The highest BCUT2D eigenvalue weighted by molar-refractivity contribution is 5.15. The van der Waals surface area contributed by atoms with Gasteiger partial charge in [-0.2, -0.15) is 0 Å². The normalized spacial score (nSPS) is 35.2. The molecule has 3 unspecified atom stereocenters. The lowest BCUT2D eigenvalue weighted by Gasteiger charge is -2.14. The lowest BCUT2D eigenvalue weighted by atomic mass is 10.1. The number of imidazole rings is 1. The highest BCUT2D eigenvalue weighted by atomic mass is 15.2. The minimum absolute atomic E-state index is 0.641. The lowest BCUT2D eigenvalue weighted by molar-refractivity contribution is 0.533. The first-order valence-electron chi connectivity index (χ1n) is 6.05. The Morgan fingerprint density at radius 1 is 1.53 bits per heavy atom. The fourth-order valence-corrected chi connectivity index (χ4v) is 2.95. The van der Waals surface area contributed by atoms with Crippen molar-refractivity contribution in [3.05, 3.63) is 18.2 Å². The first kappa shape index (κ1) is 9.40. The zero-order valence-electron chi connectivity index (χ0n) is 9.48. The van der Waals surface area contributed by atoms with Crippen molar-refractivity contribution >= 4 is 0 Å². The Morgan fingerprint density at radius 2 is 2.27 bits per heavy atom. The van der Waals surface area contributed by atoms with Crippen molar-refractivity contribution in [3.63, 3.8) is 0 Å². The summed E-state index contributed by atoms with van der Waals surface area (Å²) in [6, 6.07) is 0.748. The summed E-state index contributed by atoms with van der Waals surface area (Å²) in [4.78, 5) is 4.32. The number of hydrogen-bond donors (Lipinski definition) is 1. The second-order valence-corrected chi connectivity index (χ2v) is 5.01. The molecule has 1 aliphatic carbocycles. The molecule has 3 heteroatoms. The van der Waals surface area contributed by atoms with E-state index < -0.39 is 0 Å². The summed E-state index contributed by atoms with van der Waals surface area (Å²) in [6.07, 6.45) is 5.28. The van der Waals surface area contributed by atoms with Crippen molar-refractivity contribution in [1.29, 1.82) is 0 Å². The van der Waals surface area contributed by atoms with Crippen LogP contribution in [0.3, 0.4) is 0 Å². The first-order chi connectivity index (χ1) is 7.33. The van der Waals surface area contributed by atoms with Crippen LogP contribution < -0.4 is 5.32 Å². The van der Waals surface area contributed by atoms with Crippen LogP contribution in [0.1, 0.15) is 37.9 Å². The van der Waals surface area contributed by atoms with Crippen LogP contribution in [0.15, 0.2) is 12.5 Å². The van der Waals surface area contributed by atoms with E-state index in [0.29, 0.717) is 5.92 Å². The summed E-state index contributed by atoms with van der Waals surface area (Å²) in [5, 5.41) is 3.44. The molecule has 0 bridgehead atoms. The van der Waals surface area contributed by atoms with Crippen molar-refractivity contribution < 1.29 is 0 Å². The number of rotatable bonds is 3. The third kappa shape index (κ3) is 1.33. The zero-order valence-corrected chi connectivity index (χ0v) is 9.48. The van der Waals surface area contributed by atoms with Crippen LogP contribution in [0, 0.1) is 11.8 Å². The average molecular weight is 205 g/mol. The average Bonchev–Trinajstić information content (AvgIpc) is 2.74. The van der Waals surface area contributed by atoms with Crippen molar-refractivity contribution in [2.45, 2.75) is 32.2 Å². The zero-order chi connectivity index (χ0) is 10.4. The quantitative estimate of drug-likeness (QED) is 0.815. The molecule has 2 heterocycles. The molecule has 0 radical (unpaired) electrons. The smallest absolute Gasteiger partial charge is 0.0951 e. The molecule has 3 rings (SSSR count). The van der Waals surface area contributed by atoms with Gasteiger partial charge in [-0.05, 0) is 24.2 Å². The van der Waals surface area contributed by atoms with Crippen LogP contribution in [0.4, 0.5) is 0 Å². The van der Waals surface area contributed by atoms with Gasteiger partial charge in [-0.1, -0.05) is 13.8 Å². The van der Waals surface area contributed by atoms with Gasteiger partial charge in [0, 0.05) is 31.0 Å². The maximum atomic E-state index is 4.32. The van der Waals surface area contributed by atoms with Crippen molar-refractivity contribution in [1.82, 2.24) is 14.9 Å². The Hall–Kier alpha value is -0.830. The van der Waals surface area contributed by atoms with Gasteiger partial charge in [0.15, 0.2) is 0 Å². The fourth-order valence-electron chi connectivity index (χ4n) is 2.95. The van der Waals surface area contributed by atoms with Gasteiger partial charge in [-0.25, -0.2) is 4.98 Å². The SMILES string of the molecule is CCC(C)c1cncn1C1C2CNCC21. The topological polar surface area (TPSA) is 29.9 Å². The van der Waals surface area contributed by atoms with Gasteiger partial charge < -0.3 is 9.88 Å². The van der Waals surface area contributed by atoms with Crippen molar-refractivity contribution in [3.8, 4) is 0 Å². The van der Waals surface area contributed by atoms with E-state index in [1.54, 1.807) is 0 Å².